The van der Waals surface area contributed by atoms with Gasteiger partial charge in [0.1, 0.15) is 5.82 Å². The van der Waals surface area contributed by atoms with E-state index in [1.54, 1.807) is 0 Å². The molecule has 2 atom stereocenters. The number of anilines is 1. The molecule has 1 fully saturated rings. The average molecular weight is 298 g/mol. The average Bonchev–Trinajstić information content (AvgIpc) is 2.34. The number of nitrogens with one attached hydrogen (secondary N) is 1. The van der Waals surface area contributed by atoms with Crippen LogP contribution in [0, 0.1) is 12.8 Å². The first-order valence-electron chi connectivity index (χ1n) is 6.30. The number of pyridine rings is 1. The highest BCUT2D eigenvalue weighted by molar-refractivity contribution is 9.10. The number of aryl methyl sites for hydroxylation is 1. The lowest BCUT2D eigenvalue weighted by Gasteiger charge is -2.31. The Bertz CT molecular complexity index is 381. The summed E-state index contributed by atoms with van der Waals surface area (Å²) in [5.41, 5.74) is 6.86. The van der Waals surface area contributed by atoms with Gasteiger partial charge in [-0.2, -0.15) is 0 Å². The van der Waals surface area contributed by atoms with Gasteiger partial charge in [0.25, 0.3) is 0 Å². The number of nitrogens with zero attached hydrogens (tertiary/aromatic N) is 1. The molecule has 0 bridgehead atoms. The quantitative estimate of drug-likeness (QED) is 0.901. The predicted molar refractivity (Wildman–Crippen MR) is 75.1 cm³/mol. The van der Waals surface area contributed by atoms with Gasteiger partial charge in [0.15, 0.2) is 0 Å². The molecule has 0 saturated heterocycles. The van der Waals surface area contributed by atoms with Gasteiger partial charge in [-0.3, -0.25) is 0 Å². The molecule has 2 rings (SSSR count). The smallest absolute Gasteiger partial charge is 0.126 e. The lowest BCUT2D eigenvalue weighted by atomic mass is 9.84. The molecule has 1 aromatic heterocycles. The van der Waals surface area contributed by atoms with E-state index < -0.39 is 0 Å². The van der Waals surface area contributed by atoms with Crippen LogP contribution in [0.15, 0.2) is 16.6 Å². The molecule has 3 N–H and O–H groups in total. The van der Waals surface area contributed by atoms with Crippen LogP contribution in [0.2, 0.25) is 0 Å². The van der Waals surface area contributed by atoms with E-state index in [-0.39, 0.29) is 0 Å². The second kappa shape index (κ2) is 5.83. The maximum Gasteiger partial charge on any atom is 0.126 e. The first kappa shape index (κ1) is 12.8. The largest absolute Gasteiger partial charge is 0.367 e. The zero-order valence-corrected chi connectivity index (χ0v) is 11.8. The molecule has 17 heavy (non-hydrogen) atoms. The van der Waals surface area contributed by atoms with Crippen LogP contribution in [-0.4, -0.2) is 17.6 Å². The molecular formula is C13H20BrN3. The Morgan fingerprint density at radius 3 is 2.88 bits per heavy atom. The molecule has 94 valence electrons. The Kier molecular flexibility index (Phi) is 4.40. The Labute approximate surface area is 111 Å². The van der Waals surface area contributed by atoms with E-state index in [1.807, 2.05) is 19.1 Å². The molecule has 0 radical (unpaired) electrons. The highest BCUT2D eigenvalue weighted by Crippen LogP contribution is 2.26. The molecule has 3 nitrogen and oxygen atoms in total. The zero-order valence-electron chi connectivity index (χ0n) is 10.2. The van der Waals surface area contributed by atoms with Gasteiger partial charge in [0.2, 0.25) is 0 Å². The first-order valence-corrected chi connectivity index (χ1v) is 7.09. The summed E-state index contributed by atoms with van der Waals surface area (Å²) in [5.74, 6) is 1.56. The third kappa shape index (κ3) is 3.19. The molecule has 1 aliphatic carbocycles. The van der Waals surface area contributed by atoms with E-state index in [4.69, 9.17) is 5.73 Å². The molecule has 4 heteroatoms. The Hall–Kier alpha value is -0.610. The van der Waals surface area contributed by atoms with Crippen LogP contribution < -0.4 is 11.1 Å². The summed E-state index contributed by atoms with van der Waals surface area (Å²) in [6, 6.07) is 4.56. The van der Waals surface area contributed by atoms with Crippen LogP contribution in [0.3, 0.4) is 0 Å². The molecule has 2 unspecified atom stereocenters. The van der Waals surface area contributed by atoms with Crippen molar-refractivity contribution in [2.45, 2.75) is 38.6 Å². The van der Waals surface area contributed by atoms with Crippen molar-refractivity contribution >= 4 is 21.7 Å². The Balaban J connectivity index is 2.05. The molecule has 1 aromatic rings. The first-order chi connectivity index (χ1) is 8.20. The summed E-state index contributed by atoms with van der Waals surface area (Å²) in [5, 5.41) is 3.54. The summed E-state index contributed by atoms with van der Waals surface area (Å²) in [6.45, 7) is 2.78. The lowest BCUT2D eigenvalue weighted by molar-refractivity contribution is 0.332. The molecular weight excluding hydrogens is 278 g/mol. The van der Waals surface area contributed by atoms with Crippen molar-refractivity contribution in [3.63, 3.8) is 0 Å². The van der Waals surface area contributed by atoms with Crippen LogP contribution in [-0.2, 0) is 0 Å². The van der Waals surface area contributed by atoms with E-state index in [1.165, 1.54) is 25.7 Å². The number of hydrogen-bond acceptors (Lipinski definition) is 3. The van der Waals surface area contributed by atoms with Crippen molar-refractivity contribution in [2.24, 2.45) is 11.7 Å². The molecule has 1 heterocycles. The van der Waals surface area contributed by atoms with Gasteiger partial charge in [-0.25, -0.2) is 4.98 Å². The van der Waals surface area contributed by atoms with Gasteiger partial charge < -0.3 is 11.1 Å². The standard InChI is InChI=1S/C13H20BrN3/c1-9-11(14)6-7-13(16-9)17-12-5-3-2-4-10(12)8-15/h6-7,10,12H,2-5,8,15H2,1H3,(H,16,17). The highest BCUT2D eigenvalue weighted by Gasteiger charge is 2.23. The number of halogens is 1. The monoisotopic (exact) mass is 297 g/mol. The summed E-state index contributed by atoms with van der Waals surface area (Å²) in [6.07, 6.45) is 5.05. The van der Waals surface area contributed by atoms with E-state index in [2.05, 4.69) is 26.2 Å². The minimum Gasteiger partial charge on any atom is -0.367 e. The fraction of sp³-hybridized carbons (Fsp3) is 0.615. The summed E-state index contributed by atoms with van der Waals surface area (Å²) in [7, 11) is 0. The maximum absolute atomic E-state index is 5.83. The van der Waals surface area contributed by atoms with Crippen molar-refractivity contribution in [2.75, 3.05) is 11.9 Å². The summed E-state index contributed by atoms with van der Waals surface area (Å²) in [4.78, 5) is 4.54. The minimum absolute atomic E-state index is 0.488. The summed E-state index contributed by atoms with van der Waals surface area (Å²) < 4.78 is 1.06. The van der Waals surface area contributed by atoms with E-state index in [0.29, 0.717) is 12.0 Å². The van der Waals surface area contributed by atoms with Crippen LogP contribution in [0.1, 0.15) is 31.4 Å². The van der Waals surface area contributed by atoms with Crippen LogP contribution in [0.5, 0.6) is 0 Å². The third-order valence-electron chi connectivity index (χ3n) is 3.57. The molecule has 1 saturated carbocycles. The summed E-state index contributed by atoms with van der Waals surface area (Å²) >= 11 is 3.47. The van der Waals surface area contributed by atoms with Crippen molar-refractivity contribution in [3.8, 4) is 0 Å². The fourth-order valence-electron chi connectivity index (χ4n) is 2.49. The van der Waals surface area contributed by atoms with Gasteiger partial charge in [0, 0.05) is 10.5 Å². The van der Waals surface area contributed by atoms with Crippen LogP contribution in [0.25, 0.3) is 0 Å². The number of aromatic nitrogens is 1. The van der Waals surface area contributed by atoms with Gasteiger partial charge >= 0.3 is 0 Å². The zero-order chi connectivity index (χ0) is 12.3. The molecule has 0 amide bonds. The minimum atomic E-state index is 0.488. The van der Waals surface area contributed by atoms with Crippen LogP contribution >= 0.6 is 15.9 Å². The van der Waals surface area contributed by atoms with E-state index in [9.17, 15) is 0 Å². The second-order valence-electron chi connectivity index (χ2n) is 4.79. The Morgan fingerprint density at radius 1 is 1.41 bits per heavy atom. The van der Waals surface area contributed by atoms with Gasteiger partial charge in [0.05, 0.1) is 5.69 Å². The highest BCUT2D eigenvalue weighted by atomic mass is 79.9. The fourth-order valence-corrected chi connectivity index (χ4v) is 2.72. The van der Waals surface area contributed by atoms with Crippen molar-refractivity contribution < 1.29 is 0 Å². The Morgan fingerprint density at radius 2 is 2.18 bits per heavy atom. The van der Waals surface area contributed by atoms with Crippen molar-refractivity contribution in [1.82, 2.24) is 4.98 Å². The maximum atomic E-state index is 5.83. The van der Waals surface area contributed by atoms with E-state index in [0.717, 1.165) is 22.5 Å². The molecule has 1 aliphatic rings. The van der Waals surface area contributed by atoms with E-state index >= 15 is 0 Å². The topological polar surface area (TPSA) is 50.9 Å². The van der Waals surface area contributed by atoms with Crippen molar-refractivity contribution in [1.29, 1.82) is 0 Å². The molecule has 0 aromatic carbocycles. The SMILES string of the molecule is Cc1nc(NC2CCCCC2CN)ccc1Br. The van der Waals surface area contributed by atoms with Crippen LogP contribution in [0.4, 0.5) is 5.82 Å². The van der Waals surface area contributed by atoms with Crippen molar-refractivity contribution in [3.05, 3.63) is 22.3 Å². The number of hydrogen-bond donors (Lipinski definition) is 2. The van der Waals surface area contributed by atoms with Gasteiger partial charge in [-0.05, 0) is 60.3 Å². The predicted octanol–water partition coefficient (Wildman–Crippen LogP) is 3.08. The van der Waals surface area contributed by atoms with Gasteiger partial charge in [-0.15, -0.1) is 0 Å². The molecule has 0 spiro atoms. The lowest BCUT2D eigenvalue weighted by Crippen LogP contribution is -2.36. The number of rotatable bonds is 3. The van der Waals surface area contributed by atoms with Gasteiger partial charge in [-0.1, -0.05) is 12.8 Å². The second-order valence-corrected chi connectivity index (χ2v) is 5.65. The number of nitrogens with two attached hydrogens (primary N) is 1. The third-order valence-corrected chi connectivity index (χ3v) is 4.40. The normalized spacial score (nSPS) is 24.6. The molecule has 0 aliphatic heterocycles.